The van der Waals surface area contributed by atoms with Crippen LogP contribution < -0.4 is 5.32 Å². The highest BCUT2D eigenvalue weighted by Gasteiger charge is 2.13. The van der Waals surface area contributed by atoms with E-state index >= 15 is 0 Å². The van der Waals surface area contributed by atoms with Crippen molar-refractivity contribution in [2.24, 2.45) is 0 Å². The van der Waals surface area contributed by atoms with E-state index in [0.717, 1.165) is 0 Å². The third kappa shape index (κ3) is 3.60. The SMILES string of the molecule is CCCCC(c1ccccc1)c1ccc(NC)cc1. The number of nitrogens with one attached hydrogen (secondary N) is 1. The van der Waals surface area contributed by atoms with Crippen molar-refractivity contribution in [3.63, 3.8) is 0 Å². The molecule has 0 aliphatic rings. The summed E-state index contributed by atoms with van der Waals surface area (Å²) in [7, 11) is 1.96. The molecule has 0 fully saturated rings. The van der Waals surface area contributed by atoms with Gasteiger partial charge in [0, 0.05) is 18.7 Å². The maximum absolute atomic E-state index is 3.18. The van der Waals surface area contributed by atoms with Crippen molar-refractivity contribution < 1.29 is 0 Å². The van der Waals surface area contributed by atoms with Gasteiger partial charge in [-0.2, -0.15) is 0 Å². The van der Waals surface area contributed by atoms with E-state index in [9.17, 15) is 0 Å². The average Bonchev–Trinajstić information content (AvgIpc) is 2.49. The molecule has 1 unspecified atom stereocenters. The lowest BCUT2D eigenvalue weighted by molar-refractivity contribution is 0.650. The van der Waals surface area contributed by atoms with Gasteiger partial charge in [-0.15, -0.1) is 0 Å². The van der Waals surface area contributed by atoms with Crippen LogP contribution in [0.5, 0.6) is 0 Å². The minimum Gasteiger partial charge on any atom is -0.388 e. The number of hydrogen-bond donors (Lipinski definition) is 1. The first kappa shape index (κ1) is 13.7. The van der Waals surface area contributed by atoms with Gasteiger partial charge in [0.1, 0.15) is 0 Å². The smallest absolute Gasteiger partial charge is 0.0337 e. The summed E-state index contributed by atoms with van der Waals surface area (Å²) in [6.45, 7) is 2.26. The highest BCUT2D eigenvalue weighted by molar-refractivity contribution is 5.46. The Morgan fingerprint density at radius 3 is 2.11 bits per heavy atom. The molecule has 0 saturated carbocycles. The van der Waals surface area contributed by atoms with Crippen molar-refractivity contribution in [3.8, 4) is 0 Å². The molecule has 1 N–H and O–H groups in total. The summed E-state index contributed by atoms with van der Waals surface area (Å²) in [6, 6.07) is 19.7. The van der Waals surface area contributed by atoms with Crippen molar-refractivity contribution in [1.29, 1.82) is 0 Å². The van der Waals surface area contributed by atoms with E-state index in [-0.39, 0.29) is 0 Å². The van der Waals surface area contributed by atoms with Gasteiger partial charge in [-0.1, -0.05) is 62.2 Å². The number of rotatable bonds is 6. The predicted octanol–water partition coefficient (Wildman–Crippen LogP) is 5.05. The van der Waals surface area contributed by atoms with Gasteiger partial charge in [-0.05, 0) is 29.7 Å². The Morgan fingerprint density at radius 1 is 0.895 bits per heavy atom. The Morgan fingerprint density at radius 2 is 1.53 bits per heavy atom. The first-order valence-corrected chi connectivity index (χ1v) is 7.17. The maximum Gasteiger partial charge on any atom is 0.0337 e. The molecule has 0 saturated heterocycles. The van der Waals surface area contributed by atoms with Crippen LogP contribution in [-0.4, -0.2) is 7.05 Å². The maximum atomic E-state index is 3.18. The van der Waals surface area contributed by atoms with Crippen LogP contribution in [0.4, 0.5) is 5.69 Å². The number of anilines is 1. The lowest BCUT2D eigenvalue weighted by Gasteiger charge is -2.18. The zero-order valence-electron chi connectivity index (χ0n) is 11.9. The van der Waals surface area contributed by atoms with Gasteiger partial charge in [-0.25, -0.2) is 0 Å². The summed E-state index contributed by atoms with van der Waals surface area (Å²) in [5.74, 6) is 0.520. The third-order valence-electron chi connectivity index (χ3n) is 3.65. The fourth-order valence-corrected chi connectivity index (χ4v) is 2.50. The van der Waals surface area contributed by atoms with Crippen LogP contribution in [0.1, 0.15) is 43.2 Å². The molecule has 2 rings (SSSR count). The van der Waals surface area contributed by atoms with Crippen LogP contribution in [-0.2, 0) is 0 Å². The van der Waals surface area contributed by atoms with Gasteiger partial charge in [0.05, 0.1) is 0 Å². The molecule has 19 heavy (non-hydrogen) atoms. The Bertz CT molecular complexity index is 473. The predicted molar refractivity (Wildman–Crippen MR) is 83.8 cm³/mol. The summed E-state index contributed by atoms with van der Waals surface area (Å²) >= 11 is 0. The van der Waals surface area contributed by atoms with Crippen LogP contribution in [0.3, 0.4) is 0 Å². The van der Waals surface area contributed by atoms with Crippen molar-refractivity contribution in [2.45, 2.75) is 32.1 Å². The Kier molecular flexibility index (Phi) is 5.02. The standard InChI is InChI=1S/C18H23N/c1-3-4-10-18(15-8-6-5-7-9-15)16-11-13-17(19-2)14-12-16/h5-9,11-14,18-19H,3-4,10H2,1-2H3. The van der Waals surface area contributed by atoms with Crippen molar-refractivity contribution in [2.75, 3.05) is 12.4 Å². The fourth-order valence-electron chi connectivity index (χ4n) is 2.50. The molecule has 1 heteroatoms. The van der Waals surface area contributed by atoms with Gasteiger partial charge in [0.2, 0.25) is 0 Å². The summed E-state index contributed by atoms with van der Waals surface area (Å²) < 4.78 is 0. The van der Waals surface area contributed by atoms with Crippen LogP contribution >= 0.6 is 0 Å². The zero-order chi connectivity index (χ0) is 13.5. The lowest BCUT2D eigenvalue weighted by Crippen LogP contribution is -2.01. The van der Waals surface area contributed by atoms with E-state index < -0.39 is 0 Å². The normalized spacial score (nSPS) is 12.1. The van der Waals surface area contributed by atoms with Gasteiger partial charge < -0.3 is 5.32 Å². The highest BCUT2D eigenvalue weighted by atomic mass is 14.8. The molecule has 0 radical (unpaired) electrons. The van der Waals surface area contributed by atoms with E-state index in [1.54, 1.807) is 0 Å². The molecule has 0 aromatic heterocycles. The van der Waals surface area contributed by atoms with Crippen molar-refractivity contribution in [1.82, 2.24) is 0 Å². The van der Waals surface area contributed by atoms with E-state index in [1.165, 1.54) is 36.1 Å². The minimum absolute atomic E-state index is 0.520. The Labute approximate surface area is 116 Å². The highest BCUT2D eigenvalue weighted by Crippen LogP contribution is 2.30. The van der Waals surface area contributed by atoms with Gasteiger partial charge in [0.25, 0.3) is 0 Å². The monoisotopic (exact) mass is 253 g/mol. The first-order chi connectivity index (χ1) is 9.35. The molecule has 1 atom stereocenters. The molecular formula is C18H23N. The number of hydrogen-bond acceptors (Lipinski definition) is 1. The molecule has 100 valence electrons. The average molecular weight is 253 g/mol. The van der Waals surface area contributed by atoms with E-state index in [4.69, 9.17) is 0 Å². The molecule has 0 aliphatic carbocycles. The molecular weight excluding hydrogens is 230 g/mol. The second kappa shape index (κ2) is 6.98. The van der Waals surface area contributed by atoms with Crippen LogP contribution in [0.15, 0.2) is 54.6 Å². The lowest BCUT2D eigenvalue weighted by atomic mass is 9.87. The van der Waals surface area contributed by atoms with E-state index in [2.05, 4.69) is 66.8 Å². The molecule has 0 heterocycles. The molecule has 2 aromatic rings. The summed E-state index contributed by atoms with van der Waals surface area (Å²) in [5.41, 5.74) is 4.01. The molecule has 0 aliphatic heterocycles. The van der Waals surface area contributed by atoms with Crippen LogP contribution in [0.2, 0.25) is 0 Å². The Hall–Kier alpha value is -1.76. The molecule has 0 bridgehead atoms. The quantitative estimate of drug-likeness (QED) is 0.759. The fraction of sp³-hybridized carbons (Fsp3) is 0.333. The summed E-state index contributed by atoms with van der Waals surface area (Å²) in [4.78, 5) is 0. The van der Waals surface area contributed by atoms with E-state index in [0.29, 0.717) is 5.92 Å². The summed E-state index contributed by atoms with van der Waals surface area (Å²) in [5, 5.41) is 3.18. The zero-order valence-corrected chi connectivity index (χ0v) is 11.9. The van der Waals surface area contributed by atoms with Gasteiger partial charge >= 0.3 is 0 Å². The van der Waals surface area contributed by atoms with Gasteiger partial charge in [-0.3, -0.25) is 0 Å². The minimum atomic E-state index is 0.520. The molecule has 0 amide bonds. The largest absolute Gasteiger partial charge is 0.388 e. The molecule has 2 aromatic carbocycles. The van der Waals surface area contributed by atoms with Crippen LogP contribution in [0.25, 0.3) is 0 Å². The van der Waals surface area contributed by atoms with Crippen molar-refractivity contribution in [3.05, 3.63) is 65.7 Å². The van der Waals surface area contributed by atoms with Gasteiger partial charge in [0.15, 0.2) is 0 Å². The summed E-state index contributed by atoms with van der Waals surface area (Å²) in [6.07, 6.45) is 3.74. The topological polar surface area (TPSA) is 12.0 Å². The molecule has 1 nitrogen and oxygen atoms in total. The van der Waals surface area contributed by atoms with Crippen molar-refractivity contribution >= 4 is 5.69 Å². The Balaban J connectivity index is 2.26. The third-order valence-corrected chi connectivity index (χ3v) is 3.65. The van der Waals surface area contributed by atoms with E-state index in [1.807, 2.05) is 7.05 Å². The van der Waals surface area contributed by atoms with Crippen LogP contribution in [0, 0.1) is 0 Å². The number of unbranched alkanes of at least 4 members (excludes halogenated alkanes) is 1. The number of benzene rings is 2. The molecule has 0 spiro atoms. The second-order valence-electron chi connectivity index (χ2n) is 4.98. The second-order valence-corrected chi connectivity index (χ2v) is 4.98. The first-order valence-electron chi connectivity index (χ1n) is 7.17.